The number of carbonyl (C=O) groups is 1. The molecule has 0 aliphatic carbocycles. The number of amides is 1. The van der Waals surface area contributed by atoms with E-state index in [2.05, 4.69) is 5.32 Å². The molecule has 0 radical (unpaired) electrons. The Morgan fingerprint density at radius 2 is 1.85 bits per heavy atom. The van der Waals surface area contributed by atoms with E-state index in [9.17, 15) is 17.6 Å². The molecule has 0 saturated carbocycles. The van der Waals surface area contributed by atoms with E-state index >= 15 is 0 Å². The first kappa shape index (κ1) is 18.8. The molecule has 1 N–H and O–H groups in total. The molecule has 0 saturated heterocycles. The molecule has 7 heteroatoms. The van der Waals surface area contributed by atoms with Gasteiger partial charge in [-0.3, -0.25) is 4.79 Å². The second-order valence-corrected chi connectivity index (χ2v) is 8.21. The minimum Gasteiger partial charge on any atom is -0.468 e. The second kappa shape index (κ2) is 7.75. The van der Waals surface area contributed by atoms with Crippen LogP contribution in [-0.4, -0.2) is 20.9 Å². The average molecular weight is 387 g/mol. The van der Waals surface area contributed by atoms with E-state index in [-0.39, 0.29) is 22.8 Å². The Labute approximate surface area is 156 Å². The summed E-state index contributed by atoms with van der Waals surface area (Å²) in [6.45, 7) is 1.65. The van der Waals surface area contributed by atoms with Crippen molar-refractivity contribution >= 4 is 15.7 Å². The lowest BCUT2D eigenvalue weighted by Gasteiger charge is -2.17. The van der Waals surface area contributed by atoms with Gasteiger partial charge in [0.25, 0.3) is 5.91 Å². The van der Waals surface area contributed by atoms with E-state index in [0.717, 1.165) is 11.6 Å². The van der Waals surface area contributed by atoms with Gasteiger partial charge in [0.05, 0.1) is 11.2 Å². The Morgan fingerprint density at radius 1 is 1.11 bits per heavy atom. The van der Waals surface area contributed by atoms with Crippen molar-refractivity contribution in [3.63, 3.8) is 0 Å². The number of rotatable bonds is 6. The summed E-state index contributed by atoms with van der Waals surface area (Å²) in [6, 6.07) is 14.8. The predicted molar refractivity (Wildman–Crippen MR) is 98.5 cm³/mol. The van der Waals surface area contributed by atoms with Crippen LogP contribution in [0.15, 0.2) is 76.2 Å². The monoisotopic (exact) mass is 387 g/mol. The first-order valence-electron chi connectivity index (χ1n) is 8.25. The lowest BCUT2D eigenvalue weighted by atomic mass is 10.2. The van der Waals surface area contributed by atoms with Crippen molar-refractivity contribution in [2.75, 3.05) is 6.54 Å². The van der Waals surface area contributed by atoms with E-state index in [1.807, 2.05) is 6.92 Å². The summed E-state index contributed by atoms with van der Waals surface area (Å²) in [7, 11) is -3.81. The van der Waals surface area contributed by atoms with Crippen LogP contribution in [0.2, 0.25) is 0 Å². The van der Waals surface area contributed by atoms with Gasteiger partial charge >= 0.3 is 0 Å². The Kier molecular flexibility index (Phi) is 5.41. The molecule has 0 spiro atoms. The quantitative estimate of drug-likeness (QED) is 0.700. The van der Waals surface area contributed by atoms with E-state index < -0.39 is 26.8 Å². The van der Waals surface area contributed by atoms with E-state index in [0.29, 0.717) is 0 Å². The van der Waals surface area contributed by atoms with E-state index in [1.54, 1.807) is 24.3 Å². The van der Waals surface area contributed by atoms with Crippen LogP contribution in [0.25, 0.3) is 0 Å². The number of hydrogen-bond acceptors (Lipinski definition) is 4. The molecule has 140 valence electrons. The van der Waals surface area contributed by atoms with Gasteiger partial charge in [0.2, 0.25) is 0 Å². The van der Waals surface area contributed by atoms with Crippen molar-refractivity contribution in [1.29, 1.82) is 0 Å². The number of furan rings is 1. The lowest BCUT2D eigenvalue weighted by Crippen LogP contribution is -2.31. The zero-order valence-corrected chi connectivity index (χ0v) is 15.4. The maximum Gasteiger partial charge on any atom is 0.251 e. The molecule has 0 aliphatic rings. The molecule has 0 fully saturated rings. The van der Waals surface area contributed by atoms with E-state index in [1.165, 1.54) is 36.6 Å². The molecule has 1 atom stereocenters. The van der Waals surface area contributed by atoms with Crippen LogP contribution in [0.5, 0.6) is 0 Å². The van der Waals surface area contributed by atoms with Crippen molar-refractivity contribution in [1.82, 2.24) is 5.32 Å². The third-order valence-corrected chi connectivity index (χ3v) is 6.20. The third-order valence-electron chi connectivity index (χ3n) is 4.12. The molecule has 1 heterocycles. The Hall–Kier alpha value is -2.93. The molecule has 1 aromatic heterocycles. The summed E-state index contributed by atoms with van der Waals surface area (Å²) in [5.74, 6) is -0.891. The molecule has 1 amide bonds. The molecule has 0 unspecified atom stereocenters. The minimum absolute atomic E-state index is 0.112. The lowest BCUT2D eigenvalue weighted by molar-refractivity contribution is 0.0952. The fraction of sp³-hybridized carbons (Fsp3) is 0.150. The molecule has 27 heavy (non-hydrogen) atoms. The first-order valence-corrected chi connectivity index (χ1v) is 9.80. The Morgan fingerprint density at radius 3 is 2.48 bits per heavy atom. The van der Waals surface area contributed by atoms with Gasteiger partial charge in [-0.1, -0.05) is 23.8 Å². The predicted octanol–water partition coefficient (Wildman–Crippen LogP) is 3.67. The molecule has 0 aliphatic heterocycles. The Balaban J connectivity index is 1.86. The highest BCUT2D eigenvalue weighted by molar-refractivity contribution is 7.91. The van der Waals surface area contributed by atoms with Crippen LogP contribution in [0, 0.1) is 12.7 Å². The topological polar surface area (TPSA) is 76.4 Å². The van der Waals surface area contributed by atoms with Gasteiger partial charge in [0.1, 0.15) is 16.8 Å². The summed E-state index contributed by atoms with van der Waals surface area (Å²) >= 11 is 0. The van der Waals surface area contributed by atoms with Crippen LogP contribution in [0.1, 0.15) is 26.9 Å². The van der Waals surface area contributed by atoms with Crippen molar-refractivity contribution < 1.29 is 22.0 Å². The zero-order chi connectivity index (χ0) is 19.4. The smallest absolute Gasteiger partial charge is 0.251 e. The molecular weight excluding hydrogens is 369 g/mol. The van der Waals surface area contributed by atoms with Gasteiger partial charge in [-0.25, -0.2) is 12.8 Å². The zero-order valence-electron chi connectivity index (χ0n) is 14.6. The van der Waals surface area contributed by atoms with Gasteiger partial charge in [0, 0.05) is 12.1 Å². The fourth-order valence-electron chi connectivity index (χ4n) is 2.65. The van der Waals surface area contributed by atoms with Gasteiger partial charge in [-0.15, -0.1) is 0 Å². The number of benzene rings is 2. The average Bonchev–Trinajstić information content (AvgIpc) is 3.16. The van der Waals surface area contributed by atoms with Crippen molar-refractivity contribution in [2.45, 2.75) is 17.1 Å². The molecule has 3 aromatic rings. The summed E-state index contributed by atoms with van der Waals surface area (Å²) in [4.78, 5) is 12.4. The van der Waals surface area contributed by atoms with Crippen molar-refractivity contribution in [3.8, 4) is 0 Å². The largest absolute Gasteiger partial charge is 0.468 e. The van der Waals surface area contributed by atoms with Crippen LogP contribution >= 0.6 is 0 Å². The SMILES string of the molecule is Cc1ccc(S(=O)(=O)[C@H](CNC(=O)c2cccc(F)c2)c2ccco2)cc1. The van der Waals surface area contributed by atoms with Crippen molar-refractivity contribution in [2.24, 2.45) is 0 Å². The number of aryl methyl sites for hydroxylation is 1. The number of nitrogens with one attached hydrogen (secondary N) is 1. The summed E-state index contributed by atoms with van der Waals surface area (Å²) in [5.41, 5.74) is 1.05. The molecule has 0 bridgehead atoms. The molecular formula is C20H18FNO4S. The fourth-order valence-corrected chi connectivity index (χ4v) is 4.23. The summed E-state index contributed by atoms with van der Waals surface area (Å²) in [5, 5.41) is 1.45. The van der Waals surface area contributed by atoms with Gasteiger partial charge in [-0.2, -0.15) is 0 Å². The normalized spacial score (nSPS) is 12.5. The second-order valence-electron chi connectivity index (χ2n) is 6.08. The van der Waals surface area contributed by atoms with Crippen LogP contribution < -0.4 is 5.32 Å². The standard InChI is InChI=1S/C20H18FNO4S/c1-14-7-9-17(10-8-14)27(24,25)19(18-6-3-11-26-18)13-22-20(23)15-4-2-5-16(21)12-15/h2-12,19H,13H2,1H3,(H,22,23)/t19-/m1/s1. The van der Waals surface area contributed by atoms with Gasteiger partial charge < -0.3 is 9.73 Å². The highest BCUT2D eigenvalue weighted by atomic mass is 32.2. The highest BCUT2D eigenvalue weighted by Crippen LogP contribution is 2.29. The third kappa shape index (κ3) is 4.25. The summed E-state index contributed by atoms with van der Waals surface area (Å²) in [6.07, 6.45) is 1.38. The minimum atomic E-state index is -3.81. The number of halogens is 1. The van der Waals surface area contributed by atoms with Crippen LogP contribution in [0.3, 0.4) is 0 Å². The molecule has 3 rings (SSSR count). The van der Waals surface area contributed by atoms with Crippen LogP contribution in [0.4, 0.5) is 4.39 Å². The molecule has 2 aromatic carbocycles. The van der Waals surface area contributed by atoms with Gasteiger partial charge in [0.15, 0.2) is 9.84 Å². The Bertz CT molecular complexity index is 1030. The maximum absolute atomic E-state index is 13.3. The van der Waals surface area contributed by atoms with Gasteiger partial charge in [-0.05, 0) is 49.4 Å². The van der Waals surface area contributed by atoms with E-state index in [4.69, 9.17) is 4.42 Å². The summed E-state index contributed by atoms with van der Waals surface area (Å²) < 4.78 is 44.7. The van der Waals surface area contributed by atoms with Crippen molar-refractivity contribution in [3.05, 3.63) is 89.6 Å². The highest BCUT2D eigenvalue weighted by Gasteiger charge is 2.31. The number of carbonyl (C=O) groups excluding carboxylic acids is 1. The van der Waals surface area contributed by atoms with Crippen LogP contribution in [-0.2, 0) is 9.84 Å². The maximum atomic E-state index is 13.3. The number of sulfone groups is 1. The molecule has 5 nitrogen and oxygen atoms in total. The number of hydrogen-bond donors (Lipinski definition) is 1. The first-order chi connectivity index (χ1) is 12.9.